The lowest BCUT2D eigenvalue weighted by Gasteiger charge is -2.20. The molecule has 0 spiro atoms. The van der Waals surface area contributed by atoms with Gasteiger partial charge in [-0.05, 0) is 37.2 Å². The number of rotatable bonds is 8. The highest BCUT2D eigenvalue weighted by Crippen LogP contribution is 2.24. The summed E-state index contributed by atoms with van der Waals surface area (Å²) in [7, 11) is 1.84. The van der Waals surface area contributed by atoms with Gasteiger partial charge in [0.25, 0.3) is 0 Å². The van der Waals surface area contributed by atoms with Crippen LogP contribution in [-0.4, -0.2) is 26.1 Å². The molecule has 2 N–H and O–H groups in total. The van der Waals surface area contributed by atoms with E-state index in [-0.39, 0.29) is 11.9 Å². The lowest BCUT2D eigenvalue weighted by atomic mass is 9.98. The van der Waals surface area contributed by atoms with Gasteiger partial charge in [-0.15, -0.1) is 0 Å². The van der Waals surface area contributed by atoms with Gasteiger partial charge in [0.15, 0.2) is 0 Å². The van der Waals surface area contributed by atoms with Crippen LogP contribution in [0.25, 0.3) is 0 Å². The fourth-order valence-corrected chi connectivity index (χ4v) is 2.40. The highest BCUT2D eigenvalue weighted by atomic mass is 16.5. The fraction of sp³-hybridized carbons (Fsp3) is 0.316. The van der Waals surface area contributed by atoms with Crippen LogP contribution in [0.3, 0.4) is 0 Å². The zero-order valence-corrected chi connectivity index (χ0v) is 13.7. The van der Waals surface area contributed by atoms with Crippen LogP contribution in [0, 0.1) is 0 Å². The van der Waals surface area contributed by atoms with Crippen molar-refractivity contribution in [2.75, 3.05) is 20.2 Å². The monoisotopic (exact) mass is 312 g/mol. The van der Waals surface area contributed by atoms with E-state index in [1.807, 2.05) is 68.6 Å². The van der Waals surface area contributed by atoms with Gasteiger partial charge in [0.1, 0.15) is 5.75 Å². The Morgan fingerprint density at radius 1 is 1.04 bits per heavy atom. The molecule has 0 aliphatic heterocycles. The first-order chi connectivity index (χ1) is 11.2. The lowest BCUT2D eigenvalue weighted by Crippen LogP contribution is -2.31. The molecule has 0 saturated carbocycles. The van der Waals surface area contributed by atoms with Crippen molar-refractivity contribution in [2.45, 2.75) is 19.4 Å². The molecule has 0 aliphatic rings. The summed E-state index contributed by atoms with van der Waals surface area (Å²) < 4.78 is 5.48. The predicted molar refractivity (Wildman–Crippen MR) is 92.6 cm³/mol. The van der Waals surface area contributed by atoms with Crippen LogP contribution in [0.4, 0.5) is 0 Å². The molecule has 4 nitrogen and oxygen atoms in total. The Bertz CT molecular complexity index is 597. The highest BCUT2D eigenvalue weighted by Gasteiger charge is 2.16. The molecule has 0 aromatic heterocycles. The van der Waals surface area contributed by atoms with E-state index < -0.39 is 0 Å². The summed E-state index contributed by atoms with van der Waals surface area (Å²) in [5.41, 5.74) is 2.10. The van der Waals surface area contributed by atoms with E-state index in [1.54, 1.807) is 0 Å². The Morgan fingerprint density at radius 3 is 2.30 bits per heavy atom. The van der Waals surface area contributed by atoms with E-state index >= 15 is 0 Å². The molecule has 2 aromatic carbocycles. The molecule has 122 valence electrons. The third-order valence-electron chi connectivity index (χ3n) is 3.56. The minimum absolute atomic E-state index is 0.0297. The Labute approximate surface area is 137 Å². The molecule has 0 aliphatic carbocycles. The Kier molecular flexibility index (Phi) is 6.63. The van der Waals surface area contributed by atoms with Gasteiger partial charge in [0.05, 0.1) is 12.6 Å². The van der Waals surface area contributed by atoms with Gasteiger partial charge in [-0.2, -0.15) is 0 Å². The van der Waals surface area contributed by atoms with Gasteiger partial charge in [-0.3, -0.25) is 4.79 Å². The van der Waals surface area contributed by atoms with Crippen molar-refractivity contribution in [2.24, 2.45) is 0 Å². The van der Waals surface area contributed by atoms with Crippen molar-refractivity contribution < 1.29 is 9.53 Å². The number of benzene rings is 2. The molecular weight excluding hydrogens is 288 g/mol. The fourth-order valence-electron chi connectivity index (χ4n) is 2.40. The molecule has 2 aromatic rings. The minimum Gasteiger partial charge on any atom is -0.494 e. The van der Waals surface area contributed by atoms with Crippen molar-refractivity contribution in [1.82, 2.24) is 10.6 Å². The second-order valence-electron chi connectivity index (χ2n) is 5.27. The quantitative estimate of drug-likeness (QED) is 0.788. The molecule has 0 radical (unpaired) electrons. The topological polar surface area (TPSA) is 50.4 Å². The number of hydrogen-bond donors (Lipinski definition) is 2. The third-order valence-corrected chi connectivity index (χ3v) is 3.56. The summed E-state index contributed by atoms with van der Waals surface area (Å²) in [6.45, 7) is 3.27. The maximum atomic E-state index is 12.2. The molecule has 1 atom stereocenters. The Morgan fingerprint density at radius 2 is 1.70 bits per heavy atom. The third kappa shape index (κ3) is 5.11. The van der Waals surface area contributed by atoms with E-state index in [1.165, 1.54) is 0 Å². The van der Waals surface area contributed by atoms with Gasteiger partial charge < -0.3 is 15.4 Å². The summed E-state index contributed by atoms with van der Waals surface area (Å²) in [4.78, 5) is 12.2. The van der Waals surface area contributed by atoms with E-state index in [2.05, 4.69) is 10.6 Å². The molecule has 4 heteroatoms. The smallest absolute Gasteiger partial charge is 0.222 e. The van der Waals surface area contributed by atoms with Crippen molar-refractivity contribution >= 4 is 5.91 Å². The standard InChI is InChI=1S/C19H24N2O2/c1-3-23-17-11-9-16(10-12-17)19(15-7-5-4-6-8-15)21-18(22)13-14-20-2/h4-12,19-20H,3,13-14H2,1-2H3,(H,21,22). The lowest BCUT2D eigenvalue weighted by molar-refractivity contribution is -0.121. The second-order valence-corrected chi connectivity index (χ2v) is 5.27. The average Bonchev–Trinajstić information content (AvgIpc) is 2.60. The number of hydrogen-bond acceptors (Lipinski definition) is 3. The molecule has 23 heavy (non-hydrogen) atoms. The van der Waals surface area contributed by atoms with Crippen molar-refractivity contribution in [3.8, 4) is 5.75 Å². The van der Waals surface area contributed by atoms with Crippen LogP contribution in [0.15, 0.2) is 54.6 Å². The SMILES string of the molecule is CCOc1ccc(C(NC(=O)CCNC)c2ccccc2)cc1. The number of amides is 1. The maximum Gasteiger partial charge on any atom is 0.222 e. The van der Waals surface area contributed by atoms with Crippen LogP contribution >= 0.6 is 0 Å². The first kappa shape index (κ1) is 17.0. The van der Waals surface area contributed by atoms with Gasteiger partial charge >= 0.3 is 0 Å². The number of carbonyl (C=O) groups excluding carboxylic acids is 1. The van der Waals surface area contributed by atoms with E-state index in [0.29, 0.717) is 19.6 Å². The van der Waals surface area contributed by atoms with Crippen LogP contribution in [-0.2, 0) is 4.79 Å². The van der Waals surface area contributed by atoms with Crippen LogP contribution < -0.4 is 15.4 Å². The highest BCUT2D eigenvalue weighted by molar-refractivity contribution is 5.77. The van der Waals surface area contributed by atoms with Crippen molar-refractivity contribution in [3.63, 3.8) is 0 Å². The van der Waals surface area contributed by atoms with Gasteiger partial charge in [-0.25, -0.2) is 0 Å². The number of nitrogens with one attached hydrogen (secondary N) is 2. The molecule has 0 heterocycles. The zero-order valence-electron chi connectivity index (χ0n) is 13.7. The van der Waals surface area contributed by atoms with E-state index in [9.17, 15) is 4.79 Å². The number of carbonyl (C=O) groups is 1. The predicted octanol–water partition coefficient (Wildman–Crippen LogP) is 2.90. The Balaban J connectivity index is 2.20. The molecular formula is C19H24N2O2. The first-order valence-corrected chi connectivity index (χ1v) is 7.96. The number of ether oxygens (including phenoxy) is 1. The van der Waals surface area contributed by atoms with Crippen LogP contribution in [0.2, 0.25) is 0 Å². The molecule has 0 bridgehead atoms. The summed E-state index contributed by atoms with van der Waals surface area (Å²) in [5.74, 6) is 0.867. The summed E-state index contributed by atoms with van der Waals surface area (Å²) >= 11 is 0. The largest absolute Gasteiger partial charge is 0.494 e. The van der Waals surface area contributed by atoms with Gasteiger partial charge in [0, 0.05) is 13.0 Å². The van der Waals surface area contributed by atoms with Crippen LogP contribution in [0.5, 0.6) is 5.75 Å². The van der Waals surface area contributed by atoms with Gasteiger partial charge in [0.2, 0.25) is 5.91 Å². The molecule has 0 saturated heterocycles. The van der Waals surface area contributed by atoms with Crippen molar-refractivity contribution in [3.05, 3.63) is 65.7 Å². The van der Waals surface area contributed by atoms with E-state index in [4.69, 9.17) is 4.74 Å². The molecule has 1 amide bonds. The molecule has 1 unspecified atom stereocenters. The van der Waals surface area contributed by atoms with Crippen molar-refractivity contribution in [1.29, 1.82) is 0 Å². The first-order valence-electron chi connectivity index (χ1n) is 7.96. The van der Waals surface area contributed by atoms with E-state index in [0.717, 1.165) is 16.9 Å². The Hall–Kier alpha value is -2.33. The molecule has 2 rings (SSSR count). The minimum atomic E-state index is -0.156. The van der Waals surface area contributed by atoms with Crippen LogP contribution in [0.1, 0.15) is 30.5 Å². The molecule has 0 fully saturated rings. The normalized spacial score (nSPS) is 11.7. The summed E-state index contributed by atoms with van der Waals surface area (Å²) in [6.07, 6.45) is 0.455. The van der Waals surface area contributed by atoms with Gasteiger partial charge in [-0.1, -0.05) is 42.5 Å². The summed E-state index contributed by atoms with van der Waals surface area (Å²) in [5, 5.41) is 6.11. The second kappa shape index (κ2) is 8.96. The summed E-state index contributed by atoms with van der Waals surface area (Å²) in [6, 6.07) is 17.7. The average molecular weight is 312 g/mol. The zero-order chi connectivity index (χ0) is 16.5. The maximum absolute atomic E-state index is 12.2.